The Morgan fingerprint density at radius 2 is 2.07 bits per heavy atom. The molecule has 0 aromatic rings. The zero-order valence-corrected chi connectivity index (χ0v) is 10.4. The van der Waals surface area contributed by atoms with Gasteiger partial charge in [0.25, 0.3) is 0 Å². The van der Waals surface area contributed by atoms with Gasteiger partial charge in [0.15, 0.2) is 0 Å². The third-order valence-corrected chi connectivity index (χ3v) is 4.19. The largest absolute Gasteiger partial charge is 0.0911 e. The lowest BCUT2D eigenvalue weighted by Crippen LogP contribution is -2.13. The van der Waals surface area contributed by atoms with Crippen molar-refractivity contribution in [2.75, 3.05) is 0 Å². The van der Waals surface area contributed by atoms with E-state index in [9.17, 15) is 0 Å². The number of hydrogen-bond donors (Lipinski definition) is 0. The zero-order chi connectivity index (χ0) is 10.9. The van der Waals surface area contributed by atoms with Crippen LogP contribution in [0.3, 0.4) is 0 Å². The molecular formula is C15H24. The van der Waals surface area contributed by atoms with Crippen LogP contribution in [0.25, 0.3) is 0 Å². The van der Waals surface area contributed by atoms with Crippen LogP contribution in [0.15, 0.2) is 24.3 Å². The van der Waals surface area contributed by atoms with Gasteiger partial charge in [-0.2, -0.15) is 0 Å². The Labute approximate surface area is 94.5 Å². The molecule has 0 saturated heterocycles. The van der Waals surface area contributed by atoms with Gasteiger partial charge in [-0.1, -0.05) is 38.2 Å². The fourth-order valence-corrected chi connectivity index (χ4v) is 3.32. The van der Waals surface area contributed by atoms with E-state index in [2.05, 4.69) is 45.1 Å². The molecule has 0 aromatic heterocycles. The van der Waals surface area contributed by atoms with Crippen molar-refractivity contribution in [1.29, 1.82) is 0 Å². The smallest absolute Gasteiger partial charge is 0.0175 e. The van der Waals surface area contributed by atoms with E-state index < -0.39 is 0 Å². The Kier molecular flexibility index (Phi) is 3.04. The molecule has 3 atom stereocenters. The molecule has 0 heterocycles. The van der Waals surface area contributed by atoms with Crippen LogP contribution in [0.4, 0.5) is 0 Å². The summed E-state index contributed by atoms with van der Waals surface area (Å²) in [6.45, 7) is 6.84. The molecule has 0 radical (unpaired) electrons. The Hall–Kier alpha value is -0.520. The van der Waals surface area contributed by atoms with E-state index in [1.807, 2.05) is 0 Å². The highest BCUT2D eigenvalue weighted by Gasteiger charge is 2.35. The highest BCUT2D eigenvalue weighted by Crippen LogP contribution is 2.46. The highest BCUT2D eigenvalue weighted by atomic mass is 14.4. The average Bonchev–Trinajstić information content (AvgIpc) is 2.75. The maximum atomic E-state index is 2.47. The van der Waals surface area contributed by atoms with Gasteiger partial charge in [-0.15, -0.1) is 0 Å². The minimum absolute atomic E-state index is 0.403. The van der Waals surface area contributed by atoms with Crippen molar-refractivity contribution in [1.82, 2.24) is 0 Å². The summed E-state index contributed by atoms with van der Waals surface area (Å²) >= 11 is 0. The summed E-state index contributed by atoms with van der Waals surface area (Å²) in [6.07, 6.45) is 15.2. The summed E-state index contributed by atoms with van der Waals surface area (Å²) < 4.78 is 0. The SMILES string of the molecule is CC=CC(C)(C)CCC1CC2C=CC1C2. The second-order valence-electron chi connectivity index (χ2n) is 6.07. The van der Waals surface area contributed by atoms with Crippen LogP contribution in [0, 0.1) is 23.2 Å². The van der Waals surface area contributed by atoms with E-state index in [4.69, 9.17) is 0 Å². The molecule has 0 N–H and O–H groups in total. The van der Waals surface area contributed by atoms with E-state index >= 15 is 0 Å². The third kappa shape index (κ3) is 2.53. The van der Waals surface area contributed by atoms with E-state index in [0.29, 0.717) is 5.41 Å². The van der Waals surface area contributed by atoms with Crippen LogP contribution in [0.2, 0.25) is 0 Å². The van der Waals surface area contributed by atoms with E-state index in [0.717, 1.165) is 17.8 Å². The van der Waals surface area contributed by atoms with Crippen LogP contribution in [-0.4, -0.2) is 0 Å². The number of fused-ring (bicyclic) bond motifs is 2. The number of hydrogen-bond acceptors (Lipinski definition) is 0. The van der Waals surface area contributed by atoms with E-state index in [-0.39, 0.29) is 0 Å². The first-order chi connectivity index (χ1) is 7.11. The van der Waals surface area contributed by atoms with Gasteiger partial charge in [0.1, 0.15) is 0 Å². The average molecular weight is 204 g/mol. The van der Waals surface area contributed by atoms with Crippen molar-refractivity contribution in [2.24, 2.45) is 23.2 Å². The molecule has 1 fully saturated rings. The van der Waals surface area contributed by atoms with Gasteiger partial charge in [-0.3, -0.25) is 0 Å². The topological polar surface area (TPSA) is 0 Å². The van der Waals surface area contributed by atoms with Crippen molar-refractivity contribution in [2.45, 2.75) is 46.5 Å². The molecule has 3 unspecified atom stereocenters. The molecular weight excluding hydrogens is 180 g/mol. The lowest BCUT2D eigenvalue weighted by molar-refractivity contribution is 0.329. The Morgan fingerprint density at radius 1 is 1.27 bits per heavy atom. The second-order valence-corrected chi connectivity index (χ2v) is 6.07. The number of rotatable bonds is 4. The molecule has 2 rings (SSSR count). The molecule has 0 aromatic carbocycles. The van der Waals surface area contributed by atoms with Gasteiger partial charge in [0, 0.05) is 0 Å². The molecule has 0 aliphatic heterocycles. The highest BCUT2D eigenvalue weighted by molar-refractivity contribution is 5.10. The van der Waals surface area contributed by atoms with Crippen LogP contribution in [0.5, 0.6) is 0 Å². The summed E-state index contributed by atoms with van der Waals surface area (Å²) in [7, 11) is 0. The monoisotopic (exact) mass is 204 g/mol. The van der Waals surface area contributed by atoms with Crippen molar-refractivity contribution in [3.63, 3.8) is 0 Å². The normalized spacial score (nSPS) is 34.5. The standard InChI is InChI=1S/C15H24/c1-4-8-15(2,3)9-7-14-11-12-5-6-13(14)10-12/h4-6,8,12-14H,7,9-11H2,1-3H3. The van der Waals surface area contributed by atoms with Crippen LogP contribution in [0.1, 0.15) is 46.5 Å². The van der Waals surface area contributed by atoms with E-state index in [1.54, 1.807) is 0 Å². The molecule has 0 amide bonds. The first-order valence-electron chi connectivity index (χ1n) is 6.43. The van der Waals surface area contributed by atoms with Crippen LogP contribution >= 0.6 is 0 Å². The Balaban J connectivity index is 1.82. The third-order valence-electron chi connectivity index (χ3n) is 4.19. The van der Waals surface area contributed by atoms with Crippen molar-refractivity contribution in [3.8, 4) is 0 Å². The van der Waals surface area contributed by atoms with Crippen LogP contribution in [-0.2, 0) is 0 Å². The van der Waals surface area contributed by atoms with Gasteiger partial charge in [-0.05, 0) is 55.8 Å². The summed E-state index contributed by atoms with van der Waals surface area (Å²) in [6, 6.07) is 0. The molecule has 2 aliphatic rings. The minimum atomic E-state index is 0.403. The number of allylic oxidation sites excluding steroid dienone is 4. The minimum Gasteiger partial charge on any atom is -0.0911 e. The van der Waals surface area contributed by atoms with Crippen LogP contribution < -0.4 is 0 Å². The first-order valence-corrected chi connectivity index (χ1v) is 6.43. The molecule has 84 valence electrons. The lowest BCUT2D eigenvalue weighted by atomic mass is 9.81. The summed E-state index contributed by atoms with van der Waals surface area (Å²) in [5.74, 6) is 2.85. The predicted octanol–water partition coefficient (Wildman–Crippen LogP) is 4.58. The summed E-state index contributed by atoms with van der Waals surface area (Å²) in [5.41, 5.74) is 0.403. The molecule has 2 aliphatic carbocycles. The molecule has 0 spiro atoms. The fourth-order valence-electron chi connectivity index (χ4n) is 3.32. The Bertz CT molecular complexity index is 270. The maximum absolute atomic E-state index is 2.47. The Morgan fingerprint density at radius 3 is 2.60 bits per heavy atom. The lowest BCUT2D eigenvalue weighted by Gasteiger charge is -2.25. The predicted molar refractivity (Wildman–Crippen MR) is 66.7 cm³/mol. The van der Waals surface area contributed by atoms with E-state index in [1.165, 1.54) is 25.7 Å². The van der Waals surface area contributed by atoms with Gasteiger partial charge in [-0.25, -0.2) is 0 Å². The summed E-state index contributed by atoms with van der Waals surface area (Å²) in [4.78, 5) is 0. The molecule has 0 nitrogen and oxygen atoms in total. The quantitative estimate of drug-likeness (QED) is 0.588. The summed E-state index contributed by atoms with van der Waals surface area (Å²) in [5, 5.41) is 0. The first kappa shape index (κ1) is 11.0. The van der Waals surface area contributed by atoms with Gasteiger partial charge in [0.2, 0.25) is 0 Å². The molecule has 15 heavy (non-hydrogen) atoms. The van der Waals surface area contributed by atoms with Gasteiger partial charge < -0.3 is 0 Å². The maximum Gasteiger partial charge on any atom is -0.0175 e. The zero-order valence-electron chi connectivity index (χ0n) is 10.4. The van der Waals surface area contributed by atoms with Crippen molar-refractivity contribution in [3.05, 3.63) is 24.3 Å². The second kappa shape index (κ2) is 4.15. The van der Waals surface area contributed by atoms with Gasteiger partial charge >= 0.3 is 0 Å². The molecule has 1 saturated carbocycles. The van der Waals surface area contributed by atoms with Crippen molar-refractivity contribution < 1.29 is 0 Å². The molecule has 2 bridgehead atoms. The molecule has 0 heteroatoms. The van der Waals surface area contributed by atoms with Gasteiger partial charge in [0.05, 0.1) is 0 Å². The fraction of sp³-hybridized carbons (Fsp3) is 0.733. The van der Waals surface area contributed by atoms with Crippen molar-refractivity contribution >= 4 is 0 Å².